The Kier molecular flexibility index (Phi) is 4.86. The number of carbonyl (C=O) groups is 1. The second-order valence-electron chi connectivity index (χ2n) is 6.65. The van der Waals surface area contributed by atoms with Gasteiger partial charge in [-0.3, -0.25) is 4.79 Å². The Labute approximate surface area is 153 Å². The average molecular weight is 352 g/mol. The van der Waals surface area contributed by atoms with Gasteiger partial charge in [0, 0.05) is 64.2 Å². The Morgan fingerprint density at radius 3 is 2.12 bits per heavy atom. The topological polar surface area (TPSA) is 55.8 Å². The van der Waals surface area contributed by atoms with Crippen LogP contribution in [0.15, 0.2) is 42.6 Å². The van der Waals surface area contributed by atoms with E-state index in [2.05, 4.69) is 50.0 Å². The third kappa shape index (κ3) is 3.56. The van der Waals surface area contributed by atoms with Gasteiger partial charge in [0.25, 0.3) is 0 Å². The van der Waals surface area contributed by atoms with Gasteiger partial charge in [-0.05, 0) is 18.2 Å². The molecule has 0 radical (unpaired) electrons. The third-order valence-electron chi connectivity index (χ3n) is 5.10. The van der Waals surface area contributed by atoms with Gasteiger partial charge in [-0.25, -0.2) is 4.98 Å². The van der Waals surface area contributed by atoms with Crippen LogP contribution in [0.3, 0.4) is 0 Å². The van der Waals surface area contributed by atoms with Gasteiger partial charge in [0.05, 0.1) is 0 Å². The minimum Gasteiger partial charge on any atom is -0.368 e. The average Bonchev–Trinajstić information content (AvgIpc) is 2.75. The lowest BCUT2D eigenvalue weighted by atomic mass is 10.2. The van der Waals surface area contributed by atoms with Crippen LogP contribution in [0.25, 0.3) is 0 Å². The summed E-state index contributed by atoms with van der Waals surface area (Å²) in [4.78, 5) is 28.8. The van der Waals surface area contributed by atoms with Gasteiger partial charge in [0.1, 0.15) is 5.82 Å². The second-order valence-corrected chi connectivity index (χ2v) is 6.65. The van der Waals surface area contributed by atoms with Gasteiger partial charge in [0.15, 0.2) is 0 Å². The maximum absolute atomic E-state index is 10.9. The summed E-state index contributed by atoms with van der Waals surface area (Å²) in [5.41, 5.74) is 1.28. The summed E-state index contributed by atoms with van der Waals surface area (Å²) in [5.74, 6) is 1.75. The SMILES string of the molecule is O=CN1CCN(c2nccc(N3CCN(c4ccccc4)CC3)n2)CC1. The quantitative estimate of drug-likeness (QED) is 0.768. The van der Waals surface area contributed by atoms with Crippen molar-refractivity contribution < 1.29 is 4.79 Å². The molecule has 2 aromatic rings. The van der Waals surface area contributed by atoms with E-state index in [1.165, 1.54) is 5.69 Å². The first kappa shape index (κ1) is 16.6. The molecule has 2 fully saturated rings. The Morgan fingerprint density at radius 2 is 1.42 bits per heavy atom. The van der Waals surface area contributed by atoms with E-state index in [0.717, 1.165) is 70.5 Å². The van der Waals surface area contributed by atoms with Crippen LogP contribution in [-0.4, -0.2) is 73.6 Å². The molecule has 7 nitrogen and oxygen atoms in total. The normalized spacial score (nSPS) is 18.2. The molecule has 7 heteroatoms. The first-order valence-electron chi connectivity index (χ1n) is 9.16. The molecule has 1 aromatic heterocycles. The monoisotopic (exact) mass is 352 g/mol. The molecule has 1 aromatic carbocycles. The van der Waals surface area contributed by atoms with Crippen LogP contribution in [0, 0.1) is 0 Å². The fourth-order valence-electron chi connectivity index (χ4n) is 3.53. The van der Waals surface area contributed by atoms with E-state index in [4.69, 9.17) is 4.98 Å². The number of rotatable bonds is 4. The molecule has 0 N–H and O–H groups in total. The van der Waals surface area contributed by atoms with E-state index in [9.17, 15) is 4.79 Å². The Bertz CT molecular complexity index is 724. The standard InChI is InChI=1S/C19H24N6O/c26-16-22-8-10-25(11-9-22)19-20-7-6-18(21-19)24-14-12-23(13-15-24)17-4-2-1-3-5-17/h1-7,16H,8-15H2. The predicted molar refractivity (Wildman–Crippen MR) is 103 cm³/mol. The summed E-state index contributed by atoms with van der Waals surface area (Å²) in [6.07, 6.45) is 2.76. The van der Waals surface area contributed by atoms with Crippen LogP contribution in [0.2, 0.25) is 0 Å². The van der Waals surface area contributed by atoms with E-state index >= 15 is 0 Å². The van der Waals surface area contributed by atoms with Crippen LogP contribution in [0.4, 0.5) is 17.5 Å². The van der Waals surface area contributed by atoms with Gasteiger partial charge in [0.2, 0.25) is 12.4 Å². The fourth-order valence-corrected chi connectivity index (χ4v) is 3.53. The van der Waals surface area contributed by atoms with Crippen LogP contribution in [0.1, 0.15) is 0 Å². The summed E-state index contributed by atoms with van der Waals surface area (Å²) in [6, 6.07) is 12.5. The number of anilines is 3. The number of para-hydroxylation sites is 1. The van der Waals surface area contributed by atoms with Crippen LogP contribution in [0.5, 0.6) is 0 Å². The molecule has 2 aliphatic heterocycles. The van der Waals surface area contributed by atoms with Gasteiger partial charge >= 0.3 is 0 Å². The Balaban J connectivity index is 1.39. The third-order valence-corrected chi connectivity index (χ3v) is 5.10. The summed E-state index contributed by atoms with van der Waals surface area (Å²) < 4.78 is 0. The summed E-state index contributed by atoms with van der Waals surface area (Å²) in [7, 11) is 0. The fraction of sp³-hybridized carbons (Fsp3) is 0.421. The maximum atomic E-state index is 10.9. The number of nitrogens with zero attached hydrogens (tertiary/aromatic N) is 6. The van der Waals surface area contributed by atoms with Crippen molar-refractivity contribution in [3.63, 3.8) is 0 Å². The number of piperazine rings is 2. The number of hydrogen-bond acceptors (Lipinski definition) is 6. The number of aromatic nitrogens is 2. The lowest BCUT2D eigenvalue weighted by Crippen LogP contribution is -2.48. The molecule has 2 saturated heterocycles. The molecule has 4 rings (SSSR count). The molecule has 0 unspecified atom stereocenters. The van der Waals surface area contributed by atoms with Gasteiger partial charge < -0.3 is 19.6 Å². The molecule has 1 amide bonds. The number of hydrogen-bond donors (Lipinski definition) is 0. The molecule has 0 bridgehead atoms. The van der Waals surface area contributed by atoms with E-state index in [0.29, 0.717) is 0 Å². The van der Waals surface area contributed by atoms with Crippen molar-refractivity contribution in [3.05, 3.63) is 42.6 Å². The zero-order valence-corrected chi connectivity index (χ0v) is 14.9. The molecular formula is C19H24N6O. The minimum absolute atomic E-state index is 0.729. The highest BCUT2D eigenvalue weighted by Crippen LogP contribution is 2.20. The molecule has 0 saturated carbocycles. The van der Waals surface area contributed by atoms with Crippen molar-refractivity contribution in [1.29, 1.82) is 0 Å². The Hall–Kier alpha value is -2.83. The van der Waals surface area contributed by atoms with E-state index in [-0.39, 0.29) is 0 Å². The lowest BCUT2D eigenvalue weighted by Gasteiger charge is -2.37. The molecule has 0 spiro atoms. The number of amides is 1. The Morgan fingerprint density at radius 1 is 0.769 bits per heavy atom. The molecule has 26 heavy (non-hydrogen) atoms. The molecule has 0 atom stereocenters. The highest BCUT2D eigenvalue weighted by Gasteiger charge is 2.21. The number of carbonyl (C=O) groups excluding carboxylic acids is 1. The second kappa shape index (κ2) is 7.59. The summed E-state index contributed by atoms with van der Waals surface area (Å²) in [6.45, 7) is 6.89. The van der Waals surface area contributed by atoms with Crippen LogP contribution >= 0.6 is 0 Å². The minimum atomic E-state index is 0.729. The van der Waals surface area contributed by atoms with E-state index in [1.807, 2.05) is 12.3 Å². The van der Waals surface area contributed by atoms with Crippen molar-refractivity contribution in [2.24, 2.45) is 0 Å². The summed E-state index contributed by atoms with van der Waals surface area (Å²) >= 11 is 0. The first-order valence-corrected chi connectivity index (χ1v) is 9.16. The number of benzene rings is 1. The molecule has 2 aliphatic rings. The molecule has 0 aliphatic carbocycles. The summed E-state index contributed by atoms with van der Waals surface area (Å²) in [5, 5.41) is 0. The predicted octanol–water partition coefficient (Wildman–Crippen LogP) is 1.08. The van der Waals surface area contributed by atoms with Gasteiger partial charge in [-0.15, -0.1) is 0 Å². The lowest BCUT2D eigenvalue weighted by molar-refractivity contribution is -0.118. The smallest absolute Gasteiger partial charge is 0.227 e. The van der Waals surface area contributed by atoms with Crippen molar-refractivity contribution in [2.45, 2.75) is 0 Å². The van der Waals surface area contributed by atoms with Gasteiger partial charge in [-0.1, -0.05) is 18.2 Å². The zero-order chi connectivity index (χ0) is 17.8. The largest absolute Gasteiger partial charge is 0.368 e. The van der Waals surface area contributed by atoms with E-state index in [1.54, 1.807) is 4.90 Å². The first-order chi connectivity index (χ1) is 12.8. The van der Waals surface area contributed by atoms with Crippen molar-refractivity contribution in [1.82, 2.24) is 14.9 Å². The van der Waals surface area contributed by atoms with Gasteiger partial charge in [-0.2, -0.15) is 4.98 Å². The van der Waals surface area contributed by atoms with E-state index < -0.39 is 0 Å². The van der Waals surface area contributed by atoms with Crippen LogP contribution in [-0.2, 0) is 4.79 Å². The van der Waals surface area contributed by atoms with Crippen molar-refractivity contribution >= 4 is 23.9 Å². The highest BCUT2D eigenvalue weighted by atomic mass is 16.1. The molecule has 3 heterocycles. The van der Waals surface area contributed by atoms with Crippen LogP contribution < -0.4 is 14.7 Å². The molecule has 136 valence electrons. The highest BCUT2D eigenvalue weighted by molar-refractivity contribution is 5.51. The van der Waals surface area contributed by atoms with Crippen molar-refractivity contribution in [3.8, 4) is 0 Å². The molecular weight excluding hydrogens is 328 g/mol. The van der Waals surface area contributed by atoms with Crippen molar-refractivity contribution in [2.75, 3.05) is 67.1 Å². The maximum Gasteiger partial charge on any atom is 0.227 e. The zero-order valence-electron chi connectivity index (χ0n) is 14.9.